The molecule has 128 valence electrons. The molecule has 0 aliphatic carbocycles. The Morgan fingerprint density at radius 1 is 1.28 bits per heavy atom. The molecule has 1 atom stereocenters. The highest BCUT2D eigenvalue weighted by molar-refractivity contribution is 5.78. The van der Waals surface area contributed by atoms with E-state index in [1.54, 1.807) is 24.3 Å². The van der Waals surface area contributed by atoms with Crippen LogP contribution >= 0.6 is 0 Å². The minimum Gasteiger partial charge on any atom is -0.482 e. The van der Waals surface area contributed by atoms with Crippen molar-refractivity contribution in [3.8, 4) is 11.8 Å². The molecule has 1 heterocycles. The molecule has 0 radical (unpaired) electrons. The van der Waals surface area contributed by atoms with Gasteiger partial charge in [-0.1, -0.05) is 24.3 Å². The van der Waals surface area contributed by atoms with E-state index in [4.69, 9.17) is 10.00 Å². The molecule has 0 bridgehead atoms. The normalized spacial score (nSPS) is 19.5. The van der Waals surface area contributed by atoms with Gasteiger partial charge in [-0.25, -0.2) is 4.39 Å². The summed E-state index contributed by atoms with van der Waals surface area (Å²) in [5.74, 6) is -0.292. The molecule has 1 fully saturated rings. The molecule has 1 aliphatic heterocycles. The topological polar surface area (TPSA) is 73.6 Å². The Kier molecular flexibility index (Phi) is 4.68. The molecule has 0 saturated carbocycles. The number of β-amino-alcohol motifs (C(OH)–C–C–N with tert-alkyl or cyclic N) is 1. The predicted octanol–water partition coefficient (Wildman–Crippen LogP) is 2.20. The number of hydrogen-bond donors (Lipinski definition) is 1. The average Bonchev–Trinajstić information content (AvgIpc) is 3.04. The Labute approximate surface area is 144 Å². The number of amides is 1. The summed E-state index contributed by atoms with van der Waals surface area (Å²) < 4.78 is 18.5. The highest BCUT2D eigenvalue weighted by Gasteiger charge is 2.39. The summed E-state index contributed by atoms with van der Waals surface area (Å²) in [7, 11) is 0. The number of benzene rings is 2. The van der Waals surface area contributed by atoms with Crippen LogP contribution in [0.5, 0.6) is 5.75 Å². The van der Waals surface area contributed by atoms with Gasteiger partial charge in [-0.15, -0.1) is 0 Å². The van der Waals surface area contributed by atoms with Crippen LogP contribution in [0, 0.1) is 17.1 Å². The first-order valence-electron chi connectivity index (χ1n) is 7.90. The van der Waals surface area contributed by atoms with Gasteiger partial charge in [-0.05, 0) is 36.2 Å². The van der Waals surface area contributed by atoms with Crippen molar-refractivity contribution in [3.05, 3.63) is 65.5 Å². The second-order valence-corrected chi connectivity index (χ2v) is 6.00. The van der Waals surface area contributed by atoms with Crippen molar-refractivity contribution in [3.63, 3.8) is 0 Å². The zero-order chi connectivity index (χ0) is 17.9. The molecular weight excluding hydrogens is 323 g/mol. The summed E-state index contributed by atoms with van der Waals surface area (Å²) in [4.78, 5) is 13.9. The molecule has 0 aromatic heterocycles. The van der Waals surface area contributed by atoms with E-state index in [1.165, 1.54) is 29.2 Å². The molecule has 1 aliphatic rings. The molecule has 1 N–H and O–H groups in total. The van der Waals surface area contributed by atoms with Gasteiger partial charge in [0, 0.05) is 6.54 Å². The number of ether oxygens (including phenoxy) is 1. The number of para-hydroxylation sites is 1. The van der Waals surface area contributed by atoms with Crippen LogP contribution in [-0.4, -0.2) is 35.6 Å². The molecule has 0 spiro atoms. The van der Waals surface area contributed by atoms with Crippen LogP contribution in [-0.2, 0) is 10.4 Å². The monoisotopic (exact) mass is 340 g/mol. The quantitative estimate of drug-likeness (QED) is 0.926. The average molecular weight is 340 g/mol. The minimum absolute atomic E-state index is 0.126. The number of halogens is 1. The molecule has 6 heteroatoms. The van der Waals surface area contributed by atoms with Gasteiger partial charge < -0.3 is 14.7 Å². The maximum atomic E-state index is 13.0. The number of likely N-dealkylation sites (tertiary alicyclic amines) is 1. The van der Waals surface area contributed by atoms with Crippen molar-refractivity contribution in [1.82, 2.24) is 4.90 Å². The Balaban J connectivity index is 1.63. The number of aliphatic hydroxyl groups is 1. The number of carbonyl (C=O) groups is 1. The molecule has 25 heavy (non-hydrogen) atoms. The van der Waals surface area contributed by atoms with Gasteiger partial charge in [0.2, 0.25) is 0 Å². The van der Waals surface area contributed by atoms with Crippen molar-refractivity contribution >= 4 is 5.91 Å². The zero-order valence-corrected chi connectivity index (χ0v) is 13.5. The van der Waals surface area contributed by atoms with Crippen LogP contribution < -0.4 is 4.74 Å². The molecule has 2 aromatic carbocycles. The van der Waals surface area contributed by atoms with Crippen molar-refractivity contribution < 1.29 is 19.0 Å². The third-order valence-corrected chi connectivity index (χ3v) is 4.34. The van der Waals surface area contributed by atoms with Crippen LogP contribution in [0.4, 0.5) is 4.39 Å². The third-order valence-electron chi connectivity index (χ3n) is 4.34. The first-order chi connectivity index (χ1) is 12.0. The SMILES string of the molecule is N#Cc1ccccc1OCC(=O)N1CCC(O)(c2ccc(F)cc2)C1. The van der Waals surface area contributed by atoms with E-state index in [2.05, 4.69) is 0 Å². The standard InChI is InChI=1S/C19H17FN2O3/c20-16-7-5-15(6-8-16)19(24)9-10-22(13-19)18(23)12-25-17-4-2-1-3-14(17)11-21/h1-8,24H,9-10,12-13H2. The largest absolute Gasteiger partial charge is 0.482 e. The second-order valence-electron chi connectivity index (χ2n) is 6.00. The summed E-state index contributed by atoms with van der Waals surface area (Å²) in [6, 6.07) is 14.3. The zero-order valence-electron chi connectivity index (χ0n) is 13.5. The highest BCUT2D eigenvalue weighted by atomic mass is 19.1. The summed E-state index contributed by atoms with van der Waals surface area (Å²) >= 11 is 0. The summed E-state index contributed by atoms with van der Waals surface area (Å²) in [6.07, 6.45) is 0.374. The van der Waals surface area contributed by atoms with E-state index >= 15 is 0 Å². The lowest BCUT2D eigenvalue weighted by atomic mass is 9.93. The molecule has 1 amide bonds. The fourth-order valence-electron chi connectivity index (χ4n) is 2.92. The molecule has 1 unspecified atom stereocenters. The Hall–Kier alpha value is -2.91. The molecule has 3 rings (SSSR count). The number of hydrogen-bond acceptors (Lipinski definition) is 4. The highest BCUT2D eigenvalue weighted by Crippen LogP contribution is 2.32. The van der Waals surface area contributed by atoms with Gasteiger partial charge in [0.1, 0.15) is 23.2 Å². The maximum Gasteiger partial charge on any atom is 0.260 e. The van der Waals surface area contributed by atoms with Crippen LogP contribution in [0.1, 0.15) is 17.5 Å². The smallest absolute Gasteiger partial charge is 0.260 e. The molecule has 1 saturated heterocycles. The van der Waals surface area contributed by atoms with Gasteiger partial charge in [-0.2, -0.15) is 5.26 Å². The number of nitrogens with zero attached hydrogens (tertiary/aromatic N) is 2. The van der Waals surface area contributed by atoms with Crippen molar-refractivity contribution in [1.29, 1.82) is 5.26 Å². The predicted molar refractivity (Wildman–Crippen MR) is 88.1 cm³/mol. The Morgan fingerprint density at radius 3 is 2.72 bits per heavy atom. The van der Waals surface area contributed by atoms with Gasteiger partial charge in [0.15, 0.2) is 6.61 Å². The van der Waals surface area contributed by atoms with Crippen LogP contribution in [0.3, 0.4) is 0 Å². The maximum absolute atomic E-state index is 13.0. The van der Waals surface area contributed by atoms with Crippen molar-refractivity contribution in [2.75, 3.05) is 19.7 Å². The van der Waals surface area contributed by atoms with E-state index in [0.29, 0.717) is 29.8 Å². The molecule has 2 aromatic rings. The van der Waals surface area contributed by atoms with Crippen LogP contribution in [0.15, 0.2) is 48.5 Å². The van der Waals surface area contributed by atoms with E-state index in [1.807, 2.05) is 6.07 Å². The van der Waals surface area contributed by atoms with E-state index in [0.717, 1.165) is 0 Å². The van der Waals surface area contributed by atoms with Crippen molar-refractivity contribution in [2.45, 2.75) is 12.0 Å². The second kappa shape index (κ2) is 6.91. The number of nitriles is 1. The first kappa shape index (κ1) is 16.9. The third kappa shape index (κ3) is 3.62. The lowest BCUT2D eigenvalue weighted by Crippen LogP contribution is -2.37. The van der Waals surface area contributed by atoms with E-state index < -0.39 is 5.60 Å². The number of rotatable bonds is 4. The van der Waals surface area contributed by atoms with Crippen LogP contribution in [0.2, 0.25) is 0 Å². The van der Waals surface area contributed by atoms with Gasteiger partial charge in [-0.3, -0.25) is 4.79 Å². The van der Waals surface area contributed by atoms with E-state index in [9.17, 15) is 14.3 Å². The van der Waals surface area contributed by atoms with Gasteiger partial charge >= 0.3 is 0 Å². The molecule has 5 nitrogen and oxygen atoms in total. The van der Waals surface area contributed by atoms with Crippen molar-refractivity contribution in [2.24, 2.45) is 0 Å². The Bertz CT molecular complexity index is 816. The first-order valence-corrected chi connectivity index (χ1v) is 7.90. The lowest BCUT2D eigenvalue weighted by molar-refractivity contribution is -0.133. The lowest BCUT2D eigenvalue weighted by Gasteiger charge is -2.24. The van der Waals surface area contributed by atoms with Gasteiger partial charge in [0.25, 0.3) is 5.91 Å². The fourth-order valence-corrected chi connectivity index (χ4v) is 2.92. The molecular formula is C19H17FN2O3. The summed E-state index contributed by atoms with van der Waals surface area (Å²) in [5.41, 5.74) is -0.243. The summed E-state index contributed by atoms with van der Waals surface area (Å²) in [5, 5.41) is 19.8. The fraction of sp³-hybridized carbons (Fsp3) is 0.263. The minimum atomic E-state index is -1.19. The summed E-state index contributed by atoms with van der Waals surface area (Å²) in [6.45, 7) is 0.300. The van der Waals surface area contributed by atoms with Crippen LogP contribution in [0.25, 0.3) is 0 Å². The Morgan fingerprint density at radius 2 is 2.00 bits per heavy atom. The van der Waals surface area contributed by atoms with E-state index in [-0.39, 0.29) is 24.9 Å². The van der Waals surface area contributed by atoms with Gasteiger partial charge in [0.05, 0.1) is 12.1 Å². The number of carbonyl (C=O) groups excluding carboxylic acids is 1.